The lowest BCUT2D eigenvalue weighted by atomic mass is 10.3. The van der Waals surface area contributed by atoms with E-state index in [9.17, 15) is 18.0 Å². The number of hydrogen-bond donors (Lipinski definition) is 1. The lowest BCUT2D eigenvalue weighted by Crippen LogP contribution is -2.30. The average Bonchev–Trinajstić information content (AvgIpc) is 2.44. The molecule has 1 aromatic rings. The summed E-state index contributed by atoms with van der Waals surface area (Å²) >= 11 is 0. The Labute approximate surface area is 82.1 Å². The zero-order valence-electron chi connectivity index (χ0n) is 7.46. The predicted octanol–water partition coefficient (Wildman–Crippen LogP) is 0.793. The number of carbonyl (C=O) groups excluding carboxylic acids is 1. The number of nitrogens with one attached hydrogen (secondary N) is 1. The molecule has 0 aromatic carbocycles. The van der Waals surface area contributed by atoms with Gasteiger partial charge in [0.1, 0.15) is 11.6 Å². The number of amides is 1. The predicted molar refractivity (Wildman–Crippen MR) is 42.6 cm³/mol. The van der Waals surface area contributed by atoms with Gasteiger partial charge in [0.2, 0.25) is 0 Å². The molecular weight excluding hydrogens is 213 g/mol. The van der Waals surface area contributed by atoms with E-state index in [1.165, 1.54) is 18.6 Å². The van der Waals surface area contributed by atoms with Crippen LogP contribution in [0.4, 0.5) is 19.0 Å². The Kier molecular flexibility index (Phi) is 2.65. The molecule has 0 aliphatic rings. The van der Waals surface area contributed by atoms with E-state index in [1.54, 1.807) is 6.07 Å². The quantitative estimate of drug-likeness (QED) is 0.757. The molecule has 0 spiro atoms. The zero-order chi connectivity index (χ0) is 11.6. The third kappa shape index (κ3) is 2.46. The first-order chi connectivity index (χ1) is 6.84. The number of aromatic nitrogens is 2. The van der Waals surface area contributed by atoms with Gasteiger partial charge in [0.05, 0.1) is 0 Å². The van der Waals surface area contributed by atoms with Crippen LogP contribution in [0.2, 0.25) is 0 Å². The molecule has 0 aliphatic heterocycles. The number of carbonyl (C=O) groups is 1. The molecule has 0 atom stereocenters. The van der Waals surface area contributed by atoms with Gasteiger partial charge in [-0.3, -0.25) is 9.48 Å². The third-order valence-electron chi connectivity index (χ3n) is 1.44. The summed E-state index contributed by atoms with van der Waals surface area (Å²) in [6.45, 7) is 0. The molecule has 0 radical (unpaired) electrons. The molecule has 0 unspecified atom stereocenters. The topological polar surface area (TPSA) is 70.7 Å². The fourth-order valence-electron chi connectivity index (χ4n) is 0.841. The Hall–Kier alpha value is -2.04. The SMILES string of the molecule is Cn1cc(C#N)c(NC(=O)C(F)(F)F)n1. The van der Waals surface area contributed by atoms with Crippen molar-refractivity contribution in [1.29, 1.82) is 5.26 Å². The first-order valence-corrected chi connectivity index (χ1v) is 3.66. The van der Waals surface area contributed by atoms with E-state index in [0.29, 0.717) is 0 Å². The second-order valence-corrected chi connectivity index (χ2v) is 2.63. The summed E-state index contributed by atoms with van der Waals surface area (Å²) in [5.74, 6) is -2.56. The molecule has 1 N–H and O–H groups in total. The number of alkyl halides is 3. The maximum absolute atomic E-state index is 11.8. The monoisotopic (exact) mass is 218 g/mol. The highest BCUT2D eigenvalue weighted by molar-refractivity contribution is 5.95. The van der Waals surface area contributed by atoms with Gasteiger partial charge in [-0.15, -0.1) is 0 Å². The molecule has 15 heavy (non-hydrogen) atoms. The van der Waals surface area contributed by atoms with Crippen LogP contribution >= 0.6 is 0 Å². The molecule has 1 rings (SSSR count). The van der Waals surface area contributed by atoms with Gasteiger partial charge in [-0.25, -0.2) is 0 Å². The van der Waals surface area contributed by atoms with Crippen molar-refractivity contribution in [1.82, 2.24) is 9.78 Å². The molecule has 1 heterocycles. The van der Waals surface area contributed by atoms with E-state index in [0.717, 1.165) is 4.68 Å². The Morgan fingerprint density at radius 3 is 2.73 bits per heavy atom. The maximum Gasteiger partial charge on any atom is 0.471 e. The van der Waals surface area contributed by atoms with Crippen molar-refractivity contribution in [2.75, 3.05) is 5.32 Å². The molecule has 0 saturated heterocycles. The van der Waals surface area contributed by atoms with Crippen molar-refractivity contribution < 1.29 is 18.0 Å². The second-order valence-electron chi connectivity index (χ2n) is 2.63. The van der Waals surface area contributed by atoms with Crippen LogP contribution in [-0.4, -0.2) is 21.9 Å². The molecular formula is C7H5F3N4O. The van der Waals surface area contributed by atoms with Gasteiger partial charge >= 0.3 is 12.1 Å². The van der Waals surface area contributed by atoms with Crippen molar-refractivity contribution in [2.24, 2.45) is 7.05 Å². The number of anilines is 1. The summed E-state index contributed by atoms with van der Waals surface area (Å²) in [6, 6.07) is 1.61. The van der Waals surface area contributed by atoms with Gasteiger partial charge in [-0.05, 0) is 0 Å². The molecule has 1 aromatic heterocycles. The number of rotatable bonds is 1. The average molecular weight is 218 g/mol. The fourth-order valence-corrected chi connectivity index (χ4v) is 0.841. The molecule has 0 saturated carbocycles. The molecule has 80 valence electrons. The Morgan fingerprint density at radius 2 is 2.27 bits per heavy atom. The minimum Gasteiger partial charge on any atom is -0.300 e. The standard InChI is InChI=1S/C7H5F3N4O/c1-14-3-4(2-11)5(13-14)12-6(15)7(8,9)10/h3H,1H3,(H,12,13,15). The third-order valence-corrected chi connectivity index (χ3v) is 1.44. The lowest BCUT2D eigenvalue weighted by molar-refractivity contribution is -0.167. The van der Waals surface area contributed by atoms with Crippen LogP contribution in [0, 0.1) is 11.3 Å². The Morgan fingerprint density at radius 1 is 1.67 bits per heavy atom. The van der Waals surface area contributed by atoms with Gasteiger partial charge < -0.3 is 5.32 Å². The van der Waals surface area contributed by atoms with E-state index in [-0.39, 0.29) is 5.56 Å². The summed E-state index contributed by atoms with van der Waals surface area (Å²) in [7, 11) is 1.42. The largest absolute Gasteiger partial charge is 0.471 e. The van der Waals surface area contributed by atoms with Crippen LogP contribution in [-0.2, 0) is 11.8 Å². The van der Waals surface area contributed by atoms with Crippen molar-refractivity contribution in [3.63, 3.8) is 0 Å². The minimum atomic E-state index is -5.00. The molecule has 8 heteroatoms. The second kappa shape index (κ2) is 3.61. The van der Waals surface area contributed by atoms with Crippen LogP contribution in [0.5, 0.6) is 0 Å². The van der Waals surface area contributed by atoms with Gasteiger partial charge in [-0.1, -0.05) is 0 Å². The summed E-state index contributed by atoms with van der Waals surface area (Å²) < 4.78 is 36.7. The maximum atomic E-state index is 11.8. The van der Waals surface area contributed by atoms with Crippen LogP contribution < -0.4 is 5.32 Å². The van der Waals surface area contributed by atoms with Gasteiger partial charge in [-0.2, -0.15) is 23.5 Å². The van der Waals surface area contributed by atoms with E-state index < -0.39 is 17.9 Å². The van der Waals surface area contributed by atoms with E-state index in [1.807, 2.05) is 0 Å². The summed E-state index contributed by atoms with van der Waals surface area (Å²) in [5, 5.41) is 13.5. The van der Waals surface area contributed by atoms with E-state index in [2.05, 4.69) is 5.10 Å². The van der Waals surface area contributed by atoms with Crippen molar-refractivity contribution in [3.8, 4) is 6.07 Å². The highest BCUT2D eigenvalue weighted by Crippen LogP contribution is 2.19. The summed E-state index contributed by atoms with van der Waals surface area (Å²) in [6.07, 6.45) is -3.80. The number of aryl methyl sites for hydroxylation is 1. The Balaban J connectivity index is 2.91. The molecule has 0 aliphatic carbocycles. The van der Waals surface area contributed by atoms with Crippen molar-refractivity contribution in [3.05, 3.63) is 11.8 Å². The van der Waals surface area contributed by atoms with Gasteiger partial charge in [0, 0.05) is 13.2 Å². The number of nitrogens with zero attached hydrogens (tertiary/aromatic N) is 3. The molecule has 0 fully saturated rings. The normalized spacial score (nSPS) is 10.9. The molecule has 1 amide bonds. The highest BCUT2D eigenvalue weighted by atomic mass is 19.4. The highest BCUT2D eigenvalue weighted by Gasteiger charge is 2.39. The number of halogens is 3. The van der Waals surface area contributed by atoms with Crippen molar-refractivity contribution >= 4 is 11.7 Å². The first-order valence-electron chi connectivity index (χ1n) is 3.66. The van der Waals surface area contributed by atoms with Gasteiger partial charge in [0.25, 0.3) is 0 Å². The Bertz CT molecular complexity index is 428. The van der Waals surface area contributed by atoms with Gasteiger partial charge in [0.15, 0.2) is 5.82 Å². The van der Waals surface area contributed by atoms with Crippen LogP contribution in [0.15, 0.2) is 6.20 Å². The zero-order valence-corrected chi connectivity index (χ0v) is 7.46. The van der Waals surface area contributed by atoms with Crippen LogP contribution in [0.1, 0.15) is 5.56 Å². The lowest BCUT2D eigenvalue weighted by Gasteiger charge is -2.04. The smallest absolute Gasteiger partial charge is 0.300 e. The number of hydrogen-bond acceptors (Lipinski definition) is 3. The summed E-state index contributed by atoms with van der Waals surface area (Å²) in [5.41, 5.74) is -0.130. The van der Waals surface area contributed by atoms with Crippen LogP contribution in [0.25, 0.3) is 0 Å². The minimum absolute atomic E-state index is 0.130. The van der Waals surface area contributed by atoms with E-state index in [4.69, 9.17) is 5.26 Å². The van der Waals surface area contributed by atoms with E-state index >= 15 is 0 Å². The van der Waals surface area contributed by atoms with Crippen LogP contribution in [0.3, 0.4) is 0 Å². The number of nitriles is 1. The first kappa shape index (κ1) is 11.0. The summed E-state index contributed by atoms with van der Waals surface area (Å²) in [4.78, 5) is 10.5. The van der Waals surface area contributed by atoms with Crippen molar-refractivity contribution in [2.45, 2.75) is 6.18 Å². The fraction of sp³-hybridized carbons (Fsp3) is 0.286. The molecule has 0 bridgehead atoms. The molecule has 5 nitrogen and oxygen atoms in total.